The molecule has 3 heteroatoms. The van der Waals surface area contributed by atoms with Crippen LogP contribution in [0.25, 0.3) is 0 Å². The van der Waals surface area contributed by atoms with Crippen molar-refractivity contribution in [3.05, 3.63) is 24.8 Å². The van der Waals surface area contributed by atoms with Crippen molar-refractivity contribution in [2.75, 3.05) is 0 Å². The zero-order valence-electron chi connectivity index (χ0n) is 6.94. The molecule has 12 heavy (non-hydrogen) atoms. The van der Waals surface area contributed by atoms with Gasteiger partial charge in [-0.3, -0.25) is 0 Å². The fourth-order valence-electron chi connectivity index (χ4n) is 1.03. The van der Waals surface area contributed by atoms with Crippen LogP contribution in [0.3, 0.4) is 0 Å². The Morgan fingerprint density at radius 3 is 2.33 bits per heavy atom. The molecule has 0 saturated heterocycles. The molecule has 0 heterocycles. The van der Waals surface area contributed by atoms with Crippen molar-refractivity contribution >= 4 is 6.16 Å². The fraction of sp³-hybridized carbons (Fsp3) is 0.444. The average Bonchev–Trinajstić information content (AvgIpc) is 2.05. The molecule has 1 rings (SSSR count). The standard InChI is InChI=1S/C8H12.CH2O3/c1-2-8-6-4-3-5-7-8;2-1(3)4/h2-4,8H,1,5-7H2;(H2,2,3,4). The van der Waals surface area contributed by atoms with E-state index in [0.29, 0.717) is 0 Å². The van der Waals surface area contributed by atoms with Gasteiger partial charge < -0.3 is 10.2 Å². The molecule has 0 saturated carbocycles. The van der Waals surface area contributed by atoms with Crippen LogP contribution in [0.2, 0.25) is 0 Å². The second kappa shape index (κ2) is 6.46. The first-order valence-corrected chi connectivity index (χ1v) is 3.86. The molecule has 1 aliphatic rings. The largest absolute Gasteiger partial charge is 0.503 e. The zero-order chi connectivity index (χ0) is 9.40. The highest BCUT2D eigenvalue weighted by Crippen LogP contribution is 2.17. The molecule has 68 valence electrons. The number of allylic oxidation sites excluding steroid dienone is 3. The summed E-state index contributed by atoms with van der Waals surface area (Å²) in [6, 6.07) is 0. The van der Waals surface area contributed by atoms with Crippen molar-refractivity contribution in [2.24, 2.45) is 5.92 Å². The topological polar surface area (TPSA) is 57.5 Å². The maximum Gasteiger partial charge on any atom is 0.503 e. The lowest BCUT2D eigenvalue weighted by Gasteiger charge is -2.11. The first kappa shape index (κ1) is 10.8. The Morgan fingerprint density at radius 1 is 1.50 bits per heavy atom. The second-order valence-corrected chi connectivity index (χ2v) is 2.56. The zero-order valence-corrected chi connectivity index (χ0v) is 6.94. The smallest absolute Gasteiger partial charge is 0.450 e. The minimum atomic E-state index is -1.83. The number of hydrogen-bond donors (Lipinski definition) is 2. The van der Waals surface area contributed by atoms with Crippen LogP contribution in [0.15, 0.2) is 24.8 Å². The van der Waals surface area contributed by atoms with E-state index in [2.05, 4.69) is 24.8 Å². The molecule has 0 aromatic heterocycles. The van der Waals surface area contributed by atoms with Crippen LogP contribution in [-0.2, 0) is 0 Å². The lowest BCUT2D eigenvalue weighted by atomic mass is 9.95. The predicted octanol–water partition coefficient (Wildman–Crippen LogP) is 2.75. The molecular weight excluding hydrogens is 156 g/mol. The number of rotatable bonds is 1. The lowest BCUT2D eigenvalue weighted by molar-refractivity contribution is 0.137. The first-order chi connectivity index (χ1) is 5.66. The summed E-state index contributed by atoms with van der Waals surface area (Å²) in [5.74, 6) is 0.764. The van der Waals surface area contributed by atoms with Crippen LogP contribution >= 0.6 is 0 Å². The van der Waals surface area contributed by atoms with Gasteiger partial charge in [-0.25, -0.2) is 4.79 Å². The van der Waals surface area contributed by atoms with Crippen LogP contribution in [-0.4, -0.2) is 16.4 Å². The van der Waals surface area contributed by atoms with E-state index in [1.165, 1.54) is 19.3 Å². The van der Waals surface area contributed by atoms with Crippen LogP contribution in [0.4, 0.5) is 4.79 Å². The quantitative estimate of drug-likeness (QED) is 0.595. The summed E-state index contributed by atoms with van der Waals surface area (Å²) in [5.41, 5.74) is 0. The molecule has 0 bridgehead atoms. The summed E-state index contributed by atoms with van der Waals surface area (Å²) < 4.78 is 0. The monoisotopic (exact) mass is 170 g/mol. The van der Waals surface area contributed by atoms with Gasteiger partial charge in [0, 0.05) is 0 Å². The summed E-state index contributed by atoms with van der Waals surface area (Å²) in [4.78, 5) is 8.56. The number of hydrogen-bond acceptors (Lipinski definition) is 1. The molecule has 2 N–H and O–H groups in total. The summed E-state index contributed by atoms with van der Waals surface area (Å²) in [7, 11) is 0. The molecule has 1 unspecified atom stereocenters. The van der Waals surface area contributed by atoms with E-state index in [1.807, 2.05) is 0 Å². The molecule has 0 fully saturated rings. The molecule has 0 aromatic rings. The van der Waals surface area contributed by atoms with Crippen molar-refractivity contribution in [1.29, 1.82) is 0 Å². The average molecular weight is 170 g/mol. The highest BCUT2D eigenvalue weighted by Gasteiger charge is 2.02. The van der Waals surface area contributed by atoms with Crippen molar-refractivity contribution in [2.45, 2.75) is 19.3 Å². The molecule has 1 aliphatic carbocycles. The highest BCUT2D eigenvalue weighted by atomic mass is 16.6. The molecule has 0 spiro atoms. The van der Waals surface area contributed by atoms with Crippen molar-refractivity contribution < 1.29 is 15.0 Å². The molecule has 0 radical (unpaired) electrons. The van der Waals surface area contributed by atoms with E-state index in [0.717, 1.165) is 5.92 Å². The third-order valence-electron chi connectivity index (χ3n) is 1.64. The van der Waals surface area contributed by atoms with E-state index in [-0.39, 0.29) is 0 Å². The Morgan fingerprint density at radius 2 is 2.08 bits per heavy atom. The highest BCUT2D eigenvalue weighted by molar-refractivity contribution is 5.53. The summed E-state index contributed by atoms with van der Waals surface area (Å²) in [6.45, 7) is 3.75. The maximum absolute atomic E-state index is 8.56. The number of carbonyl (C=O) groups is 1. The van der Waals surface area contributed by atoms with Gasteiger partial charge in [0.05, 0.1) is 0 Å². The van der Waals surface area contributed by atoms with Crippen LogP contribution in [0.5, 0.6) is 0 Å². The van der Waals surface area contributed by atoms with Crippen LogP contribution in [0, 0.1) is 5.92 Å². The van der Waals surface area contributed by atoms with E-state index < -0.39 is 6.16 Å². The normalized spacial score (nSPS) is 20.5. The molecule has 0 aliphatic heterocycles. The van der Waals surface area contributed by atoms with Gasteiger partial charge in [0.15, 0.2) is 0 Å². The maximum atomic E-state index is 8.56. The Labute approximate surface area is 72.0 Å². The van der Waals surface area contributed by atoms with Crippen molar-refractivity contribution in [3.8, 4) is 0 Å². The van der Waals surface area contributed by atoms with Gasteiger partial charge in [0.2, 0.25) is 0 Å². The third kappa shape index (κ3) is 6.86. The molecule has 1 atom stereocenters. The minimum absolute atomic E-state index is 0.764. The van der Waals surface area contributed by atoms with Gasteiger partial charge in [-0.1, -0.05) is 18.2 Å². The van der Waals surface area contributed by atoms with Crippen LogP contribution in [0.1, 0.15) is 19.3 Å². The Balaban J connectivity index is 0.000000261. The molecule has 0 aromatic carbocycles. The Hall–Kier alpha value is -1.25. The van der Waals surface area contributed by atoms with Gasteiger partial charge in [0.1, 0.15) is 0 Å². The SMILES string of the molecule is C=CC1CC=CCC1.O=C(O)O. The first-order valence-electron chi connectivity index (χ1n) is 3.86. The summed E-state index contributed by atoms with van der Waals surface area (Å²) >= 11 is 0. The van der Waals surface area contributed by atoms with Gasteiger partial charge in [-0.15, -0.1) is 6.58 Å². The van der Waals surface area contributed by atoms with E-state index >= 15 is 0 Å². The molecule has 0 amide bonds. The minimum Gasteiger partial charge on any atom is -0.450 e. The summed E-state index contributed by atoms with van der Waals surface area (Å²) in [5, 5.41) is 13.9. The predicted molar refractivity (Wildman–Crippen MR) is 47.3 cm³/mol. The second-order valence-electron chi connectivity index (χ2n) is 2.56. The third-order valence-corrected chi connectivity index (χ3v) is 1.64. The van der Waals surface area contributed by atoms with Crippen molar-refractivity contribution in [3.63, 3.8) is 0 Å². The van der Waals surface area contributed by atoms with Crippen LogP contribution < -0.4 is 0 Å². The van der Waals surface area contributed by atoms with E-state index in [4.69, 9.17) is 15.0 Å². The van der Waals surface area contributed by atoms with Crippen molar-refractivity contribution in [1.82, 2.24) is 0 Å². The van der Waals surface area contributed by atoms with Gasteiger partial charge in [-0.2, -0.15) is 0 Å². The fourth-order valence-corrected chi connectivity index (χ4v) is 1.03. The Bertz CT molecular complexity index is 169. The van der Waals surface area contributed by atoms with Gasteiger partial charge in [-0.05, 0) is 25.2 Å². The van der Waals surface area contributed by atoms with E-state index in [1.54, 1.807) is 0 Å². The molecular formula is C9H14O3. The molecule has 3 nitrogen and oxygen atoms in total. The Kier molecular flexibility index (Phi) is 5.79. The lowest BCUT2D eigenvalue weighted by Crippen LogP contribution is -1.96. The van der Waals surface area contributed by atoms with Gasteiger partial charge in [0.25, 0.3) is 0 Å². The van der Waals surface area contributed by atoms with E-state index in [9.17, 15) is 0 Å². The number of carboxylic acid groups (broad SMARTS) is 2. The summed E-state index contributed by atoms with van der Waals surface area (Å²) in [6.07, 6.45) is 8.49. The van der Waals surface area contributed by atoms with Gasteiger partial charge >= 0.3 is 6.16 Å².